The summed E-state index contributed by atoms with van der Waals surface area (Å²) in [4.78, 5) is 0. The van der Waals surface area contributed by atoms with E-state index in [-0.39, 0.29) is 0 Å². The molecule has 1 aliphatic heterocycles. The summed E-state index contributed by atoms with van der Waals surface area (Å²) >= 11 is 0. The van der Waals surface area contributed by atoms with Crippen molar-refractivity contribution < 1.29 is 84.5 Å². The summed E-state index contributed by atoms with van der Waals surface area (Å²) in [6.07, 6.45) is -13.0. The van der Waals surface area contributed by atoms with Gasteiger partial charge < -0.3 is 9.84 Å². The molecular weight excluding hydrogens is 511 g/mol. The summed E-state index contributed by atoms with van der Waals surface area (Å²) in [5.41, 5.74) is 0. The molecule has 19 heteroatoms. The summed E-state index contributed by atoms with van der Waals surface area (Å²) in [5.74, 6) is -60.3. The van der Waals surface area contributed by atoms with Crippen molar-refractivity contribution in [2.45, 2.75) is 66.8 Å². The zero-order valence-electron chi connectivity index (χ0n) is 14.6. The second kappa shape index (κ2) is 7.63. The van der Waals surface area contributed by atoms with Crippen LogP contribution in [0.15, 0.2) is 0 Å². The van der Waals surface area contributed by atoms with Crippen LogP contribution in [0.1, 0.15) is 12.8 Å². The average molecular weight is 520 g/mol. The molecule has 1 saturated heterocycles. The summed E-state index contributed by atoms with van der Waals surface area (Å²) in [7, 11) is 0. The molecule has 0 saturated carbocycles. The molecule has 0 aromatic rings. The number of alkyl halides is 17. The quantitative estimate of drug-likeness (QED) is 0.434. The first kappa shape index (κ1) is 28.8. The highest BCUT2D eigenvalue weighted by atomic mass is 19.4. The Labute approximate surface area is 165 Å². The fourth-order valence-corrected chi connectivity index (χ4v) is 2.54. The van der Waals surface area contributed by atoms with Crippen molar-refractivity contribution in [3.05, 3.63) is 0 Å². The Morgan fingerprint density at radius 3 is 1.22 bits per heavy atom. The van der Waals surface area contributed by atoms with Crippen LogP contribution in [-0.2, 0) is 4.74 Å². The van der Waals surface area contributed by atoms with E-state index in [9.17, 15) is 74.6 Å². The fourth-order valence-electron chi connectivity index (χ4n) is 2.54. The van der Waals surface area contributed by atoms with E-state index in [1.165, 1.54) is 0 Å². The minimum Gasteiger partial charge on any atom is -0.367 e. The monoisotopic (exact) mass is 520 g/mol. The molecule has 32 heavy (non-hydrogen) atoms. The van der Waals surface area contributed by atoms with E-state index in [0.29, 0.717) is 0 Å². The highest BCUT2D eigenvalue weighted by molar-refractivity contribution is 5.15. The van der Waals surface area contributed by atoms with Gasteiger partial charge in [-0.15, -0.1) is 0 Å². The molecule has 0 radical (unpaired) electrons. The highest BCUT2D eigenvalue weighted by Crippen LogP contribution is 2.64. The predicted molar refractivity (Wildman–Crippen MR) is 65.4 cm³/mol. The highest BCUT2D eigenvalue weighted by Gasteiger charge is 2.95. The first-order valence-electron chi connectivity index (χ1n) is 7.78. The molecule has 1 aliphatic rings. The maximum absolute atomic E-state index is 13.9. The molecule has 1 rings (SSSR count). The molecule has 2 unspecified atom stereocenters. The van der Waals surface area contributed by atoms with Gasteiger partial charge in [-0.25, -0.2) is 0 Å². The second-order valence-corrected chi connectivity index (χ2v) is 6.58. The van der Waals surface area contributed by atoms with Crippen molar-refractivity contribution >= 4 is 0 Å². The smallest absolute Gasteiger partial charge is 0.367 e. The lowest BCUT2D eigenvalue weighted by atomic mass is 9.82. The van der Waals surface area contributed by atoms with Crippen molar-refractivity contribution in [1.82, 2.24) is 0 Å². The van der Waals surface area contributed by atoms with Gasteiger partial charge in [0.15, 0.2) is 6.29 Å². The van der Waals surface area contributed by atoms with Crippen molar-refractivity contribution in [3.8, 4) is 0 Å². The van der Waals surface area contributed by atoms with E-state index in [0.717, 1.165) is 0 Å². The maximum atomic E-state index is 13.9. The normalized spacial score (nSPS) is 23.4. The Kier molecular flexibility index (Phi) is 6.85. The molecule has 1 N–H and O–H groups in total. The van der Waals surface area contributed by atoms with Gasteiger partial charge in [-0.05, 0) is 12.8 Å². The van der Waals surface area contributed by atoms with E-state index >= 15 is 0 Å². The van der Waals surface area contributed by atoms with Crippen LogP contribution in [0.5, 0.6) is 0 Å². The Morgan fingerprint density at radius 1 is 0.531 bits per heavy atom. The van der Waals surface area contributed by atoms with Gasteiger partial charge in [-0.3, -0.25) is 0 Å². The Balaban J connectivity index is 3.61. The van der Waals surface area contributed by atoms with Gasteiger partial charge in [-0.1, -0.05) is 0 Å². The molecule has 0 bridgehead atoms. The molecular formula is C13H9F17O2. The zero-order valence-corrected chi connectivity index (χ0v) is 14.6. The SMILES string of the molecule is OC1OCCCC1C(F)(F)C(F)(F)C(F)(F)C(F)(F)C(F)(F)C(F)(F)C(F)(F)C(F)(F)F. The molecule has 2 nitrogen and oxygen atoms in total. The molecule has 0 aromatic carbocycles. The summed E-state index contributed by atoms with van der Waals surface area (Å²) in [5, 5.41) is 9.06. The van der Waals surface area contributed by atoms with Crippen molar-refractivity contribution in [3.63, 3.8) is 0 Å². The van der Waals surface area contributed by atoms with Crippen molar-refractivity contribution in [1.29, 1.82) is 0 Å². The molecule has 0 aliphatic carbocycles. The van der Waals surface area contributed by atoms with Crippen LogP contribution in [0.3, 0.4) is 0 Å². The Hall–Kier alpha value is -1.27. The third kappa shape index (κ3) is 3.56. The average Bonchev–Trinajstić information content (AvgIpc) is 2.59. The minimum absolute atomic E-state index is 0.650. The summed E-state index contributed by atoms with van der Waals surface area (Å²) < 4.78 is 228. The molecule has 1 heterocycles. The molecule has 0 aromatic heterocycles. The van der Waals surface area contributed by atoms with Gasteiger partial charge in [0.05, 0.1) is 5.92 Å². The molecule has 1 fully saturated rings. The van der Waals surface area contributed by atoms with E-state index < -0.39 is 79.3 Å². The Morgan fingerprint density at radius 2 is 0.875 bits per heavy atom. The van der Waals surface area contributed by atoms with Gasteiger partial charge >= 0.3 is 47.6 Å². The lowest BCUT2D eigenvalue weighted by molar-refractivity contribution is -0.465. The van der Waals surface area contributed by atoms with Crippen molar-refractivity contribution in [2.75, 3.05) is 6.61 Å². The Bertz CT molecular complexity index is 682. The van der Waals surface area contributed by atoms with E-state index in [4.69, 9.17) is 5.11 Å². The van der Waals surface area contributed by atoms with Gasteiger partial charge in [0, 0.05) is 6.61 Å². The maximum Gasteiger partial charge on any atom is 0.460 e. The van der Waals surface area contributed by atoms with Crippen LogP contribution in [-0.4, -0.2) is 65.6 Å². The molecule has 192 valence electrons. The second-order valence-electron chi connectivity index (χ2n) is 6.58. The minimum atomic E-state index is -8.66. The number of hydrogen-bond donors (Lipinski definition) is 1. The van der Waals surface area contributed by atoms with Crippen LogP contribution in [0.2, 0.25) is 0 Å². The summed E-state index contributed by atoms with van der Waals surface area (Å²) in [6.45, 7) is -0.650. The molecule has 0 amide bonds. The van der Waals surface area contributed by atoms with Crippen LogP contribution >= 0.6 is 0 Å². The topological polar surface area (TPSA) is 29.5 Å². The summed E-state index contributed by atoms with van der Waals surface area (Å²) in [6, 6.07) is 0. The molecule has 0 spiro atoms. The largest absolute Gasteiger partial charge is 0.460 e. The molecule has 2 atom stereocenters. The van der Waals surface area contributed by atoms with Gasteiger partial charge in [0.25, 0.3) is 0 Å². The van der Waals surface area contributed by atoms with Crippen LogP contribution in [0.25, 0.3) is 0 Å². The van der Waals surface area contributed by atoms with Gasteiger partial charge in [0.2, 0.25) is 0 Å². The van der Waals surface area contributed by atoms with E-state index in [1.54, 1.807) is 0 Å². The van der Waals surface area contributed by atoms with E-state index in [2.05, 4.69) is 4.74 Å². The van der Waals surface area contributed by atoms with E-state index in [1.807, 2.05) is 0 Å². The van der Waals surface area contributed by atoms with Crippen LogP contribution in [0.4, 0.5) is 74.6 Å². The first-order chi connectivity index (χ1) is 13.8. The number of halogens is 17. The first-order valence-corrected chi connectivity index (χ1v) is 7.78. The third-order valence-corrected chi connectivity index (χ3v) is 4.50. The van der Waals surface area contributed by atoms with Crippen LogP contribution < -0.4 is 0 Å². The third-order valence-electron chi connectivity index (χ3n) is 4.50. The van der Waals surface area contributed by atoms with Crippen molar-refractivity contribution in [2.24, 2.45) is 5.92 Å². The van der Waals surface area contributed by atoms with Crippen LogP contribution in [0, 0.1) is 5.92 Å². The fraction of sp³-hybridized carbons (Fsp3) is 1.00. The number of aliphatic hydroxyl groups excluding tert-OH is 1. The van der Waals surface area contributed by atoms with Gasteiger partial charge in [-0.2, -0.15) is 74.6 Å². The number of ether oxygens (including phenoxy) is 1. The number of hydrogen-bond acceptors (Lipinski definition) is 2. The predicted octanol–water partition coefficient (Wildman–Crippen LogP) is 5.74. The number of aliphatic hydroxyl groups is 1. The van der Waals surface area contributed by atoms with Gasteiger partial charge in [0.1, 0.15) is 0 Å². The lowest BCUT2D eigenvalue weighted by Gasteiger charge is -2.45. The zero-order chi connectivity index (χ0) is 26.0. The lowest BCUT2D eigenvalue weighted by Crippen LogP contribution is -2.75. The standard InChI is InChI=1S/C13H9F17O2/c14-6(15,4-2-1-3-32-5(4)31)7(16,17)8(18,19)9(20,21)10(22,23)11(24,25)12(26,27)13(28,29)30/h4-5,31H,1-3H2. The number of rotatable bonds is 7.